The van der Waals surface area contributed by atoms with E-state index in [1.165, 1.54) is 6.07 Å². The number of rotatable bonds is 7. The highest BCUT2D eigenvalue weighted by Gasteiger charge is 2.14. The van der Waals surface area contributed by atoms with Crippen LogP contribution in [0, 0.1) is 10.6 Å². The van der Waals surface area contributed by atoms with Crippen LogP contribution in [-0.4, -0.2) is 19.9 Å². The first kappa shape index (κ1) is 22.1. The third-order valence-electron chi connectivity index (χ3n) is 5.46. The number of nitrogens with one attached hydrogen (secondary N) is 2. The number of nitrogens with zero attached hydrogens (tertiary/aromatic N) is 3. The first-order valence-electron chi connectivity index (χ1n) is 10.5. The summed E-state index contributed by atoms with van der Waals surface area (Å²) < 4.78 is 22.5. The fourth-order valence-electron chi connectivity index (χ4n) is 3.75. The summed E-state index contributed by atoms with van der Waals surface area (Å²) in [5, 5.41) is 9.56. The second kappa shape index (κ2) is 9.62. The van der Waals surface area contributed by atoms with Crippen LogP contribution in [0.2, 0.25) is 5.02 Å². The predicted octanol–water partition coefficient (Wildman–Crippen LogP) is 6.27. The molecule has 5 aromatic rings. The highest BCUT2D eigenvalue weighted by Crippen LogP contribution is 2.30. The van der Waals surface area contributed by atoms with Crippen molar-refractivity contribution in [1.82, 2.24) is 19.9 Å². The molecule has 0 spiro atoms. The Hall–Kier alpha value is -3.75. The van der Waals surface area contributed by atoms with E-state index >= 15 is 0 Å². The Morgan fingerprint density at radius 2 is 1.82 bits per heavy atom. The van der Waals surface area contributed by atoms with Crippen LogP contribution in [0.4, 0.5) is 4.39 Å². The van der Waals surface area contributed by atoms with Crippen molar-refractivity contribution in [3.8, 4) is 17.1 Å². The largest absolute Gasteiger partial charge is 0.488 e. The fourth-order valence-corrected chi connectivity index (χ4v) is 4.16. The smallest absolute Gasteiger partial charge is 0.214 e. The third kappa shape index (κ3) is 4.37. The SMILES string of the molecule is Fc1cccc(Cl)c1COc1ccc2ccccc2c1CNn1c(-c2ccncc2)n[nH]c1=S. The third-order valence-corrected chi connectivity index (χ3v) is 6.08. The first-order valence-corrected chi connectivity index (χ1v) is 11.3. The van der Waals surface area contributed by atoms with Crippen LogP contribution in [-0.2, 0) is 13.2 Å². The Balaban J connectivity index is 1.49. The van der Waals surface area contributed by atoms with Gasteiger partial charge in [-0.25, -0.2) is 14.2 Å². The van der Waals surface area contributed by atoms with E-state index in [0.29, 0.717) is 33.5 Å². The predicted molar refractivity (Wildman–Crippen MR) is 133 cm³/mol. The van der Waals surface area contributed by atoms with Crippen molar-refractivity contribution < 1.29 is 9.13 Å². The monoisotopic (exact) mass is 491 g/mol. The minimum Gasteiger partial charge on any atom is -0.488 e. The van der Waals surface area contributed by atoms with Gasteiger partial charge in [-0.2, -0.15) is 5.10 Å². The number of halogens is 2. The molecule has 0 fully saturated rings. The molecule has 0 amide bonds. The summed E-state index contributed by atoms with van der Waals surface area (Å²) in [7, 11) is 0. The Morgan fingerprint density at radius 1 is 1.00 bits per heavy atom. The Labute approximate surface area is 205 Å². The average molecular weight is 492 g/mol. The lowest BCUT2D eigenvalue weighted by Crippen LogP contribution is -2.17. The molecule has 2 heterocycles. The van der Waals surface area contributed by atoms with Crippen molar-refractivity contribution in [2.45, 2.75) is 13.2 Å². The zero-order valence-electron chi connectivity index (χ0n) is 17.8. The Bertz CT molecular complexity index is 1500. The number of fused-ring (bicyclic) bond motifs is 1. The van der Waals surface area contributed by atoms with Crippen LogP contribution in [0.5, 0.6) is 5.75 Å². The number of benzene rings is 3. The molecule has 2 N–H and O–H groups in total. The number of hydrogen-bond donors (Lipinski definition) is 2. The van der Waals surface area contributed by atoms with Crippen LogP contribution in [0.1, 0.15) is 11.1 Å². The maximum Gasteiger partial charge on any atom is 0.214 e. The van der Waals surface area contributed by atoms with Crippen molar-refractivity contribution in [2.24, 2.45) is 0 Å². The lowest BCUT2D eigenvalue weighted by atomic mass is 10.0. The molecule has 0 saturated heterocycles. The molecular weight excluding hydrogens is 473 g/mol. The molecule has 170 valence electrons. The minimum absolute atomic E-state index is 0.00422. The summed E-state index contributed by atoms with van der Waals surface area (Å²) in [6, 6.07) is 20.2. The van der Waals surface area contributed by atoms with E-state index in [1.54, 1.807) is 29.2 Å². The summed E-state index contributed by atoms with van der Waals surface area (Å²) in [4.78, 5) is 4.06. The summed E-state index contributed by atoms with van der Waals surface area (Å²) >= 11 is 11.6. The Kier molecular flexibility index (Phi) is 6.24. The molecule has 6 nitrogen and oxygen atoms in total. The number of ether oxygens (including phenoxy) is 1. The number of hydrogen-bond acceptors (Lipinski definition) is 5. The van der Waals surface area contributed by atoms with E-state index in [2.05, 4.69) is 20.6 Å². The van der Waals surface area contributed by atoms with Gasteiger partial charge in [-0.05, 0) is 53.3 Å². The Morgan fingerprint density at radius 3 is 2.65 bits per heavy atom. The van der Waals surface area contributed by atoms with Gasteiger partial charge in [0, 0.05) is 29.1 Å². The van der Waals surface area contributed by atoms with Crippen LogP contribution >= 0.6 is 23.8 Å². The molecular formula is C25H19ClFN5OS. The fraction of sp³-hybridized carbons (Fsp3) is 0.0800. The van der Waals surface area contributed by atoms with E-state index < -0.39 is 5.82 Å². The van der Waals surface area contributed by atoms with Gasteiger partial charge in [0.05, 0.1) is 11.6 Å². The van der Waals surface area contributed by atoms with E-state index in [1.807, 2.05) is 48.5 Å². The minimum atomic E-state index is -0.403. The highest BCUT2D eigenvalue weighted by molar-refractivity contribution is 7.71. The molecule has 9 heteroatoms. The quantitative estimate of drug-likeness (QED) is 0.262. The van der Waals surface area contributed by atoms with E-state index in [9.17, 15) is 4.39 Å². The number of aromatic nitrogens is 4. The molecule has 0 aliphatic rings. The molecule has 0 aliphatic heterocycles. The van der Waals surface area contributed by atoms with E-state index in [-0.39, 0.29) is 6.61 Å². The van der Waals surface area contributed by atoms with E-state index in [4.69, 9.17) is 28.6 Å². The van der Waals surface area contributed by atoms with Crippen LogP contribution < -0.4 is 10.2 Å². The van der Waals surface area contributed by atoms with Gasteiger partial charge in [-0.15, -0.1) is 0 Å². The number of H-pyrrole nitrogens is 1. The summed E-state index contributed by atoms with van der Waals surface area (Å²) in [6.45, 7) is 0.387. The van der Waals surface area contributed by atoms with Gasteiger partial charge in [-0.3, -0.25) is 4.98 Å². The van der Waals surface area contributed by atoms with Gasteiger partial charge in [0.25, 0.3) is 0 Å². The normalized spacial score (nSPS) is 11.0. The van der Waals surface area contributed by atoms with Gasteiger partial charge < -0.3 is 10.2 Å². The van der Waals surface area contributed by atoms with Crippen molar-refractivity contribution in [3.05, 3.63) is 106 Å². The first-order chi connectivity index (χ1) is 16.6. The van der Waals surface area contributed by atoms with Crippen LogP contribution in [0.15, 0.2) is 79.1 Å². The summed E-state index contributed by atoms with van der Waals surface area (Å²) in [6.07, 6.45) is 3.39. The molecule has 0 unspecified atom stereocenters. The topological polar surface area (TPSA) is 67.8 Å². The van der Waals surface area contributed by atoms with Crippen molar-refractivity contribution in [1.29, 1.82) is 0 Å². The number of aromatic amines is 1. The van der Waals surface area contributed by atoms with Gasteiger partial charge in [0.1, 0.15) is 18.2 Å². The zero-order chi connectivity index (χ0) is 23.5. The summed E-state index contributed by atoms with van der Waals surface area (Å²) in [5.41, 5.74) is 5.42. The van der Waals surface area contributed by atoms with Gasteiger partial charge >= 0.3 is 0 Å². The van der Waals surface area contributed by atoms with Crippen molar-refractivity contribution in [2.75, 3.05) is 5.43 Å². The second-order valence-corrected chi connectivity index (χ2v) is 8.30. The van der Waals surface area contributed by atoms with Crippen molar-refractivity contribution in [3.63, 3.8) is 0 Å². The van der Waals surface area contributed by atoms with E-state index in [0.717, 1.165) is 21.9 Å². The molecule has 3 aromatic carbocycles. The molecule has 5 rings (SSSR count). The van der Waals surface area contributed by atoms with Gasteiger partial charge in [0.2, 0.25) is 4.77 Å². The standard InChI is InChI=1S/C25H19ClFN5OS/c26-21-6-3-7-22(27)20(21)15-33-23-9-8-16-4-1-2-5-18(16)19(23)14-29-32-24(30-31-25(32)34)17-10-12-28-13-11-17/h1-13,29H,14-15H2,(H,31,34). The molecule has 0 saturated carbocycles. The van der Waals surface area contributed by atoms with Gasteiger partial charge in [-0.1, -0.05) is 48.0 Å². The molecule has 2 aromatic heterocycles. The lowest BCUT2D eigenvalue weighted by molar-refractivity contribution is 0.297. The van der Waals surface area contributed by atoms with Gasteiger partial charge in [0.15, 0.2) is 5.82 Å². The number of pyridine rings is 1. The molecule has 34 heavy (non-hydrogen) atoms. The average Bonchev–Trinajstić information content (AvgIpc) is 3.23. The molecule has 0 aliphatic carbocycles. The maximum atomic E-state index is 14.3. The second-order valence-electron chi connectivity index (χ2n) is 7.51. The lowest BCUT2D eigenvalue weighted by Gasteiger charge is -2.17. The molecule has 0 atom stereocenters. The van der Waals surface area contributed by atoms with Crippen molar-refractivity contribution >= 4 is 34.6 Å². The maximum absolute atomic E-state index is 14.3. The van der Waals surface area contributed by atoms with Crippen LogP contribution in [0.3, 0.4) is 0 Å². The zero-order valence-corrected chi connectivity index (χ0v) is 19.4. The molecule has 0 radical (unpaired) electrons. The summed E-state index contributed by atoms with van der Waals surface area (Å²) in [5.74, 6) is 0.846. The highest BCUT2D eigenvalue weighted by atomic mass is 35.5. The van der Waals surface area contributed by atoms with Crippen LogP contribution in [0.25, 0.3) is 22.2 Å². The molecule has 0 bridgehead atoms.